The number of benzene rings is 1. The number of hydrogen-bond donors (Lipinski definition) is 0. The minimum Gasteiger partial charge on any atom is -0.406 e. The van der Waals surface area contributed by atoms with Gasteiger partial charge in [-0.05, 0) is 24.3 Å². The monoisotopic (exact) mass is 320 g/mol. The number of nitrogens with zero attached hydrogens (tertiary/aromatic N) is 2. The first-order valence-corrected chi connectivity index (χ1v) is 6.42. The normalized spacial score (nSPS) is 17.4. The lowest BCUT2D eigenvalue weighted by atomic mass is 10.3. The van der Waals surface area contributed by atoms with Gasteiger partial charge in [-0.2, -0.15) is 0 Å². The van der Waals surface area contributed by atoms with E-state index in [-0.39, 0.29) is 16.5 Å². The average Bonchev–Trinajstić information content (AvgIpc) is 2.69. The summed E-state index contributed by atoms with van der Waals surface area (Å²) >= 11 is 0.981. The fraction of sp³-hybridized carbons (Fsp3) is 0.182. The number of carbonyl (C=O) groups excluding carboxylic acids is 1. The van der Waals surface area contributed by atoms with E-state index in [1.807, 2.05) is 0 Å². The molecule has 0 aromatic heterocycles. The van der Waals surface area contributed by atoms with Crippen LogP contribution in [0.5, 0.6) is 5.75 Å². The Morgan fingerprint density at radius 2 is 1.95 bits per heavy atom. The molecule has 0 bridgehead atoms. The number of thioether (sulfide) groups is 1. The molecular weight excluding hydrogens is 313 g/mol. The highest BCUT2D eigenvalue weighted by Gasteiger charge is 2.32. The third-order valence-corrected chi connectivity index (χ3v) is 3.33. The molecule has 10 heteroatoms. The van der Waals surface area contributed by atoms with Crippen molar-refractivity contribution in [3.05, 3.63) is 45.6 Å². The summed E-state index contributed by atoms with van der Waals surface area (Å²) in [5.74, 6) is -0.802. The minimum atomic E-state index is -4.81. The largest absolute Gasteiger partial charge is 0.573 e. The number of amides is 1. The van der Waals surface area contributed by atoms with E-state index < -0.39 is 22.9 Å². The smallest absolute Gasteiger partial charge is 0.406 e. The standard InChI is InChI=1S/C11H7F3N2O4S/c12-11(13,14)20-8-3-1-7(2-4-8)16-9(17)6-21-10(16)5-15(18)19/h1-5H,6H2. The second-order valence-corrected chi connectivity index (χ2v) is 4.81. The third kappa shape index (κ3) is 3.88. The first kappa shape index (κ1) is 15.2. The van der Waals surface area contributed by atoms with E-state index in [0.29, 0.717) is 6.20 Å². The molecule has 1 aliphatic rings. The van der Waals surface area contributed by atoms with Crippen LogP contribution in [0.4, 0.5) is 18.9 Å². The van der Waals surface area contributed by atoms with Crippen LogP contribution in [0.25, 0.3) is 0 Å². The Bertz CT molecular complexity index is 600. The highest BCUT2D eigenvalue weighted by molar-refractivity contribution is 8.04. The van der Waals surface area contributed by atoms with Crippen molar-refractivity contribution in [2.45, 2.75) is 6.36 Å². The second kappa shape index (κ2) is 5.64. The van der Waals surface area contributed by atoms with Crippen molar-refractivity contribution in [1.29, 1.82) is 0 Å². The Morgan fingerprint density at radius 1 is 1.33 bits per heavy atom. The van der Waals surface area contributed by atoms with Crippen molar-refractivity contribution in [3.8, 4) is 5.75 Å². The Morgan fingerprint density at radius 3 is 2.48 bits per heavy atom. The van der Waals surface area contributed by atoms with E-state index in [1.54, 1.807) is 0 Å². The lowest BCUT2D eigenvalue weighted by molar-refractivity contribution is -0.402. The molecular formula is C11H7F3N2O4S. The van der Waals surface area contributed by atoms with E-state index >= 15 is 0 Å². The zero-order valence-corrected chi connectivity index (χ0v) is 11.0. The molecule has 1 heterocycles. The van der Waals surface area contributed by atoms with Gasteiger partial charge in [-0.3, -0.25) is 19.8 Å². The number of hydrogen-bond acceptors (Lipinski definition) is 5. The summed E-state index contributed by atoms with van der Waals surface area (Å²) in [6.45, 7) is 0. The van der Waals surface area contributed by atoms with Gasteiger partial charge in [-0.25, -0.2) is 0 Å². The van der Waals surface area contributed by atoms with Crippen molar-refractivity contribution in [2.24, 2.45) is 0 Å². The van der Waals surface area contributed by atoms with Crippen LogP contribution in [0, 0.1) is 10.1 Å². The highest BCUT2D eigenvalue weighted by Crippen LogP contribution is 2.35. The summed E-state index contributed by atoms with van der Waals surface area (Å²) in [7, 11) is 0. The van der Waals surface area contributed by atoms with Gasteiger partial charge in [-0.1, -0.05) is 11.8 Å². The molecule has 112 valence electrons. The van der Waals surface area contributed by atoms with Gasteiger partial charge in [0.05, 0.1) is 10.7 Å². The predicted molar refractivity (Wildman–Crippen MR) is 68.1 cm³/mol. The van der Waals surface area contributed by atoms with Gasteiger partial charge in [0, 0.05) is 5.69 Å². The van der Waals surface area contributed by atoms with Crippen LogP contribution in [0.15, 0.2) is 35.5 Å². The number of carbonyl (C=O) groups is 1. The van der Waals surface area contributed by atoms with Gasteiger partial charge in [0.25, 0.3) is 6.20 Å². The fourth-order valence-electron chi connectivity index (χ4n) is 1.64. The molecule has 0 atom stereocenters. The molecule has 6 nitrogen and oxygen atoms in total. The average molecular weight is 320 g/mol. The van der Waals surface area contributed by atoms with Crippen molar-refractivity contribution in [2.75, 3.05) is 10.7 Å². The number of ether oxygens (including phenoxy) is 1. The number of rotatable bonds is 3. The molecule has 2 rings (SSSR count). The molecule has 1 aromatic rings. The topological polar surface area (TPSA) is 72.7 Å². The first-order valence-electron chi connectivity index (χ1n) is 5.43. The summed E-state index contributed by atoms with van der Waals surface area (Å²) in [5.41, 5.74) is 0.229. The molecule has 1 fully saturated rings. The highest BCUT2D eigenvalue weighted by atomic mass is 32.2. The summed E-state index contributed by atoms with van der Waals surface area (Å²) in [6.07, 6.45) is -4.13. The van der Waals surface area contributed by atoms with Crippen LogP contribution < -0.4 is 9.64 Å². The van der Waals surface area contributed by atoms with Gasteiger partial charge in [0.1, 0.15) is 5.75 Å². The minimum absolute atomic E-state index is 0.0282. The molecule has 1 aromatic carbocycles. The van der Waals surface area contributed by atoms with E-state index in [0.717, 1.165) is 28.8 Å². The van der Waals surface area contributed by atoms with E-state index in [2.05, 4.69) is 4.74 Å². The van der Waals surface area contributed by atoms with Gasteiger partial charge < -0.3 is 4.74 Å². The van der Waals surface area contributed by atoms with Gasteiger partial charge in [0.15, 0.2) is 5.03 Å². The summed E-state index contributed by atoms with van der Waals surface area (Å²) in [4.78, 5) is 22.6. The maximum atomic E-state index is 12.0. The Labute approximate surface area is 120 Å². The molecule has 0 saturated carbocycles. The SMILES string of the molecule is O=C1CSC(=C[N+](=O)[O-])N1c1ccc(OC(F)(F)F)cc1. The lowest BCUT2D eigenvalue weighted by Crippen LogP contribution is -2.24. The molecule has 0 unspecified atom stereocenters. The summed E-state index contributed by atoms with van der Waals surface area (Å²) in [5, 5.41) is 10.6. The van der Waals surface area contributed by atoms with Gasteiger partial charge in [-0.15, -0.1) is 13.2 Å². The van der Waals surface area contributed by atoms with Crippen LogP contribution in [-0.4, -0.2) is 22.9 Å². The Balaban J connectivity index is 2.24. The van der Waals surface area contributed by atoms with Crippen molar-refractivity contribution in [1.82, 2.24) is 0 Å². The van der Waals surface area contributed by atoms with Crippen molar-refractivity contribution < 1.29 is 27.6 Å². The fourth-order valence-corrected chi connectivity index (χ4v) is 2.54. The van der Waals surface area contributed by atoms with E-state index in [9.17, 15) is 28.1 Å². The maximum Gasteiger partial charge on any atom is 0.573 e. The van der Waals surface area contributed by atoms with Crippen molar-refractivity contribution >= 4 is 23.4 Å². The number of halogens is 3. The molecule has 0 aliphatic carbocycles. The van der Waals surface area contributed by atoms with Crippen LogP contribution in [-0.2, 0) is 4.79 Å². The molecule has 1 saturated heterocycles. The first-order chi connectivity index (χ1) is 9.76. The number of nitro groups is 1. The zero-order valence-electron chi connectivity index (χ0n) is 10.2. The van der Waals surface area contributed by atoms with Crippen molar-refractivity contribution in [3.63, 3.8) is 0 Å². The molecule has 21 heavy (non-hydrogen) atoms. The van der Waals surface area contributed by atoms with Gasteiger partial charge in [0.2, 0.25) is 5.91 Å². The maximum absolute atomic E-state index is 12.0. The molecule has 0 N–H and O–H groups in total. The third-order valence-electron chi connectivity index (χ3n) is 2.36. The number of alkyl halides is 3. The quantitative estimate of drug-likeness (QED) is 0.632. The lowest BCUT2D eigenvalue weighted by Gasteiger charge is -2.16. The zero-order chi connectivity index (χ0) is 15.6. The van der Waals surface area contributed by atoms with Crippen LogP contribution in [0.3, 0.4) is 0 Å². The van der Waals surface area contributed by atoms with Crippen LogP contribution in [0.1, 0.15) is 0 Å². The van der Waals surface area contributed by atoms with Gasteiger partial charge >= 0.3 is 6.36 Å². The second-order valence-electron chi connectivity index (χ2n) is 3.81. The van der Waals surface area contributed by atoms with E-state index in [4.69, 9.17) is 0 Å². The number of anilines is 1. The van der Waals surface area contributed by atoms with E-state index in [1.165, 1.54) is 12.1 Å². The Hall–Kier alpha value is -2.23. The molecule has 1 amide bonds. The van der Waals surface area contributed by atoms with Crippen LogP contribution >= 0.6 is 11.8 Å². The Kier molecular flexibility index (Phi) is 4.07. The predicted octanol–water partition coefficient (Wildman–Crippen LogP) is 2.74. The molecule has 0 radical (unpaired) electrons. The summed E-state index contributed by atoms with van der Waals surface area (Å²) < 4.78 is 39.8. The summed E-state index contributed by atoms with van der Waals surface area (Å²) in [6, 6.07) is 4.50. The molecule has 0 spiro atoms. The van der Waals surface area contributed by atoms with Crippen LogP contribution in [0.2, 0.25) is 0 Å². The molecule has 1 aliphatic heterocycles.